The monoisotopic (exact) mass is 289 g/mol. The summed E-state index contributed by atoms with van der Waals surface area (Å²) in [5.74, 6) is 0.776. The Balaban J connectivity index is 2.20. The van der Waals surface area contributed by atoms with E-state index < -0.39 is 0 Å². The molecule has 1 aliphatic carbocycles. The van der Waals surface area contributed by atoms with Crippen molar-refractivity contribution in [2.45, 2.75) is 57.4 Å². The Morgan fingerprint density at radius 3 is 2.71 bits per heavy atom. The SMILES string of the molecule is CCCn1c(C2(CN)CCCCC2)nc2c(F)cccc21. The maximum atomic E-state index is 14.1. The number of rotatable bonds is 4. The quantitative estimate of drug-likeness (QED) is 0.931. The molecule has 1 fully saturated rings. The first-order chi connectivity index (χ1) is 10.2. The van der Waals surface area contributed by atoms with Crippen molar-refractivity contribution in [1.29, 1.82) is 0 Å². The zero-order valence-electron chi connectivity index (χ0n) is 12.7. The third kappa shape index (κ3) is 2.35. The molecule has 1 saturated carbocycles. The highest BCUT2D eigenvalue weighted by Crippen LogP contribution is 2.39. The van der Waals surface area contributed by atoms with Crippen LogP contribution in [-0.4, -0.2) is 16.1 Å². The van der Waals surface area contributed by atoms with Crippen molar-refractivity contribution in [3.63, 3.8) is 0 Å². The lowest BCUT2D eigenvalue weighted by atomic mass is 9.73. The van der Waals surface area contributed by atoms with Crippen molar-refractivity contribution >= 4 is 11.0 Å². The largest absolute Gasteiger partial charge is 0.329 e. The van der Waals surface area contributed by atoms with E-state index in [4.69, 9.17) is 10.7 Å². The molecule has 21 heavy (non-hydrogen) atoms. The molecule has 1 aromatic carbocycles. The number of para-hydroxylation sites is 1. The van der Waals surface area contributed by atoms with Gasteiger partial charge in [-0.2, -0.15) is 0 Å². The highest BCUT2D eigenvalue weighted by Gasteiger charge is 2.37. The highest BCUT2D eigenvalue weighted by molar-refractivity contribution is 5.77. The molecule has 0 atom stereocenters. The Hall–Kier alpha value is -1.42. The van der Waals surface area contributed by atoms with Gasteiger partial charge in [-0.05, 0) is 31.4 Å². The van der Waals surface area contributed by atoms with E-state index in [2.05, 4.69) is 11.5 Å². The van der Waals surface area contributed by atoms with Gasteiger partial charge >= 0.3 is 0 Å². The van der Waals surface area contributed by atoms with Crippen LogP contribution in [0.2, 0.25) is 0 Å². The fourth-order valence-corrected chi connectivity index (χ4v) is 3.72. The molecule has 1 aliphatic rings. The minimum absolute atomic E-state index is 0.0706. The first-order valence-corrected chi connectivity index (χ1v) is 8.07. The zero-order valence-corrected chi connectivity index (χ0v) is 12.7. The van der Waals surface area contributed by atoms with Gasteiger partial charge in [0.2, 0.25) is 0 Å². The summed E-state index contributed by atoms with van der Waals surface area (Å²) < 4.78 is 16.3. The second kappa shape index (κ2) is 5.76. The lowest BCUT2D eigenvalue weighted by Gasteiger charge is -2.36. The molecule has 0 amide bonds. The molecular weight excluding hydrogens is 265 g/mol. The number of nitrogens with two attached hydrogens (primary N) is 1. The summed E-state index contributed by atoms with van der Waals surface area (Å²) in [6, 6.07) is 5.23. The maximum absolute atomic E-state index is 14.1. The topological polar surface area (TPSA) is 43.8 Å². The Morgan fingerprint density at radius 1 is 1.29 bits per heavy atom. The molecule has 2 aromatic rings. The Kier molecular flexibility index (Phi) is 3.98. The van der Waals surface area contributed by atoms with E-state index in [-0.39, 0.29) is 11.2 Å². The molecule has 3 rings (SSSR count). The molecular formula is C17H24FN3. The van der Waals surface area contributed by atoms with E-state index in [1.165, 1.54) is 25.3 Å². The van der Waals surface area contributed by atoms with E-state index in [9.17, 15) is 4.39 Å². The number of aryl methyl sites for hydroxylation is 1. The van der Waals surface area contributed by atoms with Gasteiger partial charge in [0.25, 0.3) is 0 Å². The summed E-state index contributed by atoms with van der Waals surface area (Å²) in [6.45, 7) is 3.61. The van der Waals surface area contributed by atoms with Crippen LogP contribution in [0.3, 0.4) is 0 Å². The molecule has 0 spiro atoms. The van der Waals surface area contributed by atoms with E-state index in [1.54, 1.807) is 6.07 Å². The average Bonchev–Trinajstić information content (AvgIpc) is 2.89. The zero-order chi connectivity index (χ0) is 14.9. The maximum Gasteiger partial charge on any atom is 0.151 e. The number of fused-ring (bicyclic) bond motifs is 1. The predicted octanol–water partition coefficient (Wildman–Crippen LogP) is 3.75. The van der Waals surface area contributed by atoms with Gasteiger partial charge in [0, 0.05) is 18.5 Å². The first kappa shape index (κ1) is 14.5. The molecule has 0 bridgehead atoms. The third-order valence-corrected chi connectivity index (χ3v) is 4.85. The first-order valence-electron chi connectivity index (χ1n) is 8.07. The third-order valence-electron chi connectivity index (χ3n) is 4.85. The van der Waals surface area contributed by atoms with Gasteiger partial charge in [-0.25, -0.2) is 9.37 Å². The fourth-order valence-electron chi connectivity index (χ4n) is 3.72. The number of nitrogens with zero attached hydrogens (tertiary/aromatic N) is 2. The number of benzene rings is 1. The number of hydrogen-bond donors (Lipinski definition) is 1. The molecule has 1 aromatic heterocycles. The smallest absolute Gasteiger partial charge is 0.151 e. The van der Waals surface area contributed by atoms with Gasteiger partial charge in [0.1, 0.15) is 11.3 Å². The Bertz CT molecular complexity index is 626. The van der Waals surface area contributed by atoms with Crippen molar-refractivity contribution in [3.8, 4) is 0 Å². The van der Waals surface area contributed by atoms with E-state index in [1.807, 2.05) is 6.07 Å². The summed E-state index contributed by atoms with van der Waals surface area (Å²) in [4.78, 5) is 4.71. The fraction of sp³-hybridized carbons (Fsp3) is 0.588. The van der Waals surface area contributed by atoms with Crippen LogP contribution < -0.4 is 5.73 Å². The van der Waals surface area contributed by atoms with Crippen molar-refractivity contribution in [2.24, 2.45) is 5.73 Å². The van der Waals surface area contributed by atoms with Crippen molar-refractivity contribution < 1.29 is 4.39 Å². The van der Waals surface area contributed by atoms with Crippen LogP contribution in [0.15, 0.2) is 18.2 Å². The lowest BCUT2D eigenvalue weighted by molar-refractivity contribution is 0.277. The van der Waals surface area contributed by atoms with Gasteiger partial charge in [0.05, 0.1) is 5.52 Å². The molecule has 0 radical (unpaired) electrons. The summed E-state index contributed by atoms with van der Waals surface area (Å²) in [5.41, 5.74) is 7.48. The van der Waals surface area contributed by atoms with Crippen LogP contribution in [0.5, 0.6) is 0 Å². The molecule has 0 unspecified atom stereocenters. The number of aromatic nitrogens is 2. The van der Waals surface area contributed by atoms with E-state index >= 15 is 0 Å². The van der Waals surface area contributed by atoms with Crippen LogP contribution in [-0.2, 0) is 12.0 Å². The molecule has 1 heterocycles. The van der Waals surface area contributed by atoms with Crippen LogP contribution in [0, 0.1) is 5.82 Å². The molecule has 0 saturated heterocycles. The molecule has 2 N–H and O–H groups in total. The van der Waals surface area contributed by atoms with E-state index in [0.29, 0.717) is 12.1 Å². The van der Waals surface area contributed by atoms with Crippen LogP contribution in [0.4, 0.5) is 4.39 Å². The second-order valence-corrected chi connectivity index (χ2v) is 6.24. The number of hydrogen-bond acceptors (Lipinski definition) is 2. The molecule has 4 heteroatoms. The van der Waals surface area contributed by atoms with Crippen molar-refractivity contribution in [1.82, 2.24) is 9.55 Å². The van der Waals surface area contributed by atoms with Crippen molar-refractivity contribution in [3.05, 3.63) is 29.8 Å². The summed E-state index contributed by atoms with van der Waals surface area (Å²) in [5, 5.41) is 0. The van der Waals surface area contributed by atoms with Crippen LogP contribution in [0.1, 0.15) is 51.3 Å². The van der Waals surface area contributed by atoms with E-state index in [0.717, 1.165) is 37.1 Å². The van der Waals surface area contributed by atoms with Gasteiger partial charge in [0.15, 0.2) is 5.82 Å². The Labute approximate surface area is 125 Å². The number of halogens is 1. The summed E-state index contributed by atoms with van der Waals surface area (Å²) in [6.07, 6.45) is 6.79. The van der Waals surface area contributed by atoms with Crippen molar-refractivity contribution in [2.75, 3.05) is 6.54 Å². The average molecular weight is 289 g/mol. The van der Waals surface area contributed by atoms with Gasteiger partial charge < -0.3 is 10.3 Å². The normalized spacial score (nSPS) is 18.2. The standard InChI is InChI=1S/C17H24FN3/c1-2-11-21-14-8-6-7-13(18)15(14)20-16(21)17(12-19)9-4-3-5-10-17/h6-8H,2-5,9-12,19H2,1H3. The molecule has 0 aliphatic heterocycles. The number of imidazole rings is 1. The van der Waals surface area contributed by atoms with Gasteiger partial charge in [-0.1, -0.05) is 32.3 Å². The Morgan fingerprint density at radius 2 is 2.05 bits per heavy atom. The molecule has 114 valence electrons. The minimum Gasteiger partial charge on any atom is -0.329 e. The van der Waals surface area contributed by atoms with Crippen LogP contribution in [0.25, 0.3) is 11.0 Å². The molecule has 3 nitrogen and oxygen atoms in total. The van der Waals surface area contributed by atoms with Gasteiger partial charge in [-0.3, -0.25) is 0 Å². The minimum atomic E-state index is -0.230. The lowest BCUT2D eigenvalue weighted by Crippen LogP contribution is -2.39. The summed E-state index contributed by atoms with van der Waals surface area (Å²) >= 11 is 0. The van der Waals surface area contributed by atoms with Crippen LogP contribution >= 0.6 is 0 Å². The highest BCUT2D eigenvalue weighted by atomic mass is 19.1. The summed E-state index contributed by atoms with van der Waals surface area (Å²) in [7, 11) is 0. The van der Waals surface area contributed by atoms with Gasteiger partial charge in [-0.15, -0.1) is 0 Å². The second-order valence-electron chi connectivity index (χ2n) is 6.24. The predicted molar refractivity (Wildman–Crippen MR) is 83.8 cm³/mol.